The van der Waals surface area contributed by atoms with Crippen LogP contribution in [0.4, 0.5) is 0 Å². The summed E-state index contributed by atoms with van der Waals surface area (Å²) in [6, 6.07) is 11.6. The van der Waals surface area contributed by atoms with Crippen LogP contribution in [0.25, 0.3) is 0 Å². The van der Waals surface area contributed by atoms with E-state index in [0.29, 0.717) is 6.61 Å². The summed E-state index contributed by atoms with van der Waals surface area (Å²) >= 11 is 0. The highest BCUT2D eigenvalue weighted by atomic mass is 16.5. The molecule has 84 valence electrons. The van der Waals surface area contributed by atoms with Crippen LogP contribution in [-0.2, 0) is 6.54 Å². The largest absolute Gasteiger partial charge is 0.497 e. The Labute approximate surface area is 95.2 Å². The van der Waals surface area contributed by atoms with Gasteiger partial charge in [-0.2, -0.15) is 0 Å². The van der Waals surface area contributed by atoms with Crippen LogP contribution < -0.4 is 9.47 Å². The van der Waals surface area contributed by atoms with Crippen LogP contribution in [0.1, 0.15) is 0 Å². The van der Waals surface area contributed by atoms with Crippen molar-refractivity contribution in [3.8, 4) is 11.5 Å². The van der Waals surface area contributed by atoms with Crippen molar-refractivity contribution in [2.75, 3.05) is 13.7 Å². The first-order valence-corrected chi connectivity index (χ1v) is 5.26. The number of ether oxygens (including phenoxy) is 2. The molecule has 1 aromatic carbocycles. The molecule has 16 heavy (non-hydrogen) atoms. The number of hydrogen-bond donors (Lipinski definition) is 0. The molecule has 0 aliphatic carbocycles. The maximum Gasteiger partial charge on any atom is 0.119 e. The molecule has 2 aromatic rings. The standard InChI is InChI=1S/C13H15NO2/c1-15-12-4-6-13(7-5-12)16-11-10-14-8-2-3-9-14/h2-9H,10-11H2,1H3. The maximum atomic E-state index is 5.60. The summed E-state index contributed by atoms with van der Waals surface area (Å²) in [6.07, 6.45) is 4.05. The zero-order chi connectivity index (χ0) is 11.2. The van der Waals surface area contributed by atoms with E-state index in [1.807, 2.05) is 48.8 Å². The molecule has 1 heterocycles. The average Bonchev–Trinajstić information content (AvgIpc) is 2.83. The molecule has 0 aliphatic heterocycles. The van der Waals surface area contributed by atoms with E-state index in [1.54, 1.807) is 7.11 Å². The van der Waals surface area contributed by atoms with Crippen molar-refractivity contribution in [3.63, 3.8) is 0 Å². The topological polar surface area (TPSA) is 23.4 Å². The van der Waals surface area contributed by atoms with Crippen molar-refractivity contribution >= 4 is 0 Å². The Hall–Kier alpha value is -1.90. The van der Waals surface area contributed by atoms with Crippen LogP contribution >= 0.6 is 0 Å². The van der Waals surface area contributed by atoms with E-state index in [9.17, 15) is 0 Å². The zero-order valence-electron chi connectivity index (χ0n) is 9.30. The molecule has 0 atom stereocenters. The number of benzene rings is 1. The van der Waals surface area contributed by atoms with Gasteiger partial charge in [-0.1, -0.05) is 0 Å². The van der Waals surface area contributed by atoms with Crippen LogP contribution in [0.3, 0.4) is 0 Å². The second-order valence-electron chi connectivity index (χ2n) is 3.44. The highest BCUT2D eigenvalue weighted by molar-refractivity contribution is 5.31. The minimum absolute atomic E-state index is 0.668. The van der Waals surface area contributed by atoms with Gasteiger partial charge in [0.25, 0.3) is 0 Å². The lowest BCUT2D eigenvalue weighted by Gasteiger charge is -2.07. The first-order valence-electron chi connectivity index (χ1n) is 5.26. The van der Waals surface area contributed by atoms with E-state index >= 15 is 0 Å². The molecule has 1 aromatic heterocycles. The summed E-state index contributed by atoms with van der Waals surface area (Å²) in [6.45, 7) is 1.53. The summed E-state index contributed by atoms with van der Waals surface area (Å²) in [4.78, 5) is 0. The Morgan fingerprint density at radius 1 is 1.00 bits per heavy atom. The molecule has 0 saturated carbocycles. The molecule has 0 aliphatic rings. The molecule has 0 radical (unpaired) electrons. The van der Waals surface area contributed by atoms with Crippen LogP contribution in [0.15, 0.2) is 48.8 Å². The Kier molecular flexibility index (Phi) is 3.49. The van der Waals surface area contributed by atoms with Gasteiger partial charge in [0.2, 0.25) is 0 Å². The summed E-state index contributed by atoms with van der Waals surface area (Å²) in [5, 5.41) is 0. The van der Waals surface area contributed by atoms with Crippen molar-refractivity contribution in [1.82, 2.24) is 4.57 Å². The van der Waals surface area contributed by atoms with Gasteiger partial charge in [0.1, 0.15) is 18.1 Å². The molecule has 2 rings (SSSR count). The Morgan fingerprint density at radius 2 is 1.62 bits per heavy atom. The summed E-state index contributed by atoms with van der Waals surface area (Å²) in [7, 11) is 1.65. The Balaban J connectivity index is 1.81. The fraction of sp³-hybridized carbons (Fsp3) is 0.231. The summed E-state index contributed by atoms with van der Waals surface area (Å²) in [5.41, 5.74) is 0. The van der Waals surface area contributed by atoms with Crippen LogP contribution in [0, 0.1) is 0 Å². The van der Waals surface area contributed by atoms with Gasteiger partial charge in [-0.05, 0) is 36.4 Å². The van der Waals surface area contributed by atoms with Gasteiger partial charge in [-0.25, -0.2) is 0 Å². The lowest BCUT2D eigenvalue weighted by atomic mass is 10.3. The van der Waals surface area contributed by atoms with Crippen molar-refractivity contribution in [1.29, 1.82) is 0 Å². The van der Waals surface area contributed by atoms with Crippen LogP contribution in [0.2, 0.25) is 0 Å². The SMILES string of the molecule is COc1ccc(OCCn2cccc2)cc1. The van der Waals surface area contributed by atoms with Gasteiger partial charge in [0.05, 0.1) is 13.7 Å². The van der Waals surface area contributed by atoms with Gasteiger partial charge >= 0.3 is 0 Å². The molecule has 3 nitrogen and oxygen atoms in total. The molecule has 0 N–H and O–H groups in total. The Morgan fingerprint density at radius 3 is 2.25 bits per heavy atom. The molecule has 0 fully saturated rings. The molecule has 0 spiro atoms. The number of hydrogen-bond acceptors (Lipinski definition) is 2. The average molecular weight is 217 g/mol. The van der Waals surface area contributed by atoms with Crippen molar-refractivity contribution < 1.29 is 9.47 Å². The normalized spacial score (nSPS) is 10.1. The molecule has 0 amide bonds. The fourth-order valence-electron chi connectivity index (χ4n) is 1.46. The van der Waals surface area contributed by atoms with E-state index in [4.69, 9.17) is 9.47 Å². The monoisotopic (exact) mass is 217 g/mol. The molecule has 0 bridgehead atoms. The van der Waals surface area contributed by atoms with Crippen LogP contribution in [-0.4, -0.2) is 18.3 Å². The second kappa shape index (κ2) is 5.26. The van der Waals surface area contributed by atoms with Crippen molar-refractivity contribution in [2.45, 2.75) is 6.54 Å². The highest BCUT2D eigenvalue weighted by Crippen LogP contribution is 2.16. The molecular formula is C13H15NO2. The summed E-state index contributed by atoms with van der Waals surface area (Å²) < 4.78 is 12.8. The zero-order valence-corrected chi connectivity index (χ0v) is 9.30. The van der Waals surface area contributed by atoms with Gasteiger partial charge in [-0.15, -0.1) is 0 Å². The third kappa shape index (κ3) is 2.79. The van der Waals surface area contributed by atoms with Gasteiger partial charge in [0, 0.05) is 12.4 Å². The lowest BCUT2D eigenvalue weighted by Crippen LogP contribution is -2.06. The van der Waals surface area contributed by atoms with E-state index in [2.05, 4.69) is 4.57 Å². The third-order valence-corrected chi connectivity index (χ3v) is 2.34. The van der Waals surface area contributed by atoms with Crippen molar-refractivity contribution in [2.24, 2.45) is 0 Å². The van der Waals surface area contributed by atoms with E-state index in [-0.39, 0.29) is 0 Å². The lowest BCUT2D eigenvalue weighted by molar-refractivity contribution is 0.298. The number of methoxy groups -OCH3 is 1. The smallest absolute Gasteiger partial charge is 0.119 e. The third-order valence-electron chi connectivity index (χ3n) is 2.34. The van der Waals surface area contributed by atoms with Crippen LogP contribution in [0.5, 0.6) is 11.5 Å². The maximum absolute atomic E-state index is 5.60. The van der Waals surface area contributed by atoms with Gasteiger partial charge in [-0.3, -0.25) is 0 Å². The number of nitrogens with zero attached hydrogens (tertiary/aromatic N) is 1. The molecule has 3 heteroatoms. The predicted octanol–water partition coefficient (Wildman–Crippen LogP) is 2.58. The minimum atomic E-state index is 0.668. The fourth-order valence-corrected chi connectivity index (χ4v) is 1.46. The summed E-state index contributed by atoms with van der Waals surface area (Å²) in [5.74, 6) is 1.71. The molecule has 0 unspecified atom stereocenters. The first kappa shape index (κ1) is 10.6. The first-order chi connectivity index (χ1) is 7.88. The van der Waals surface area contributed by atoms with Crippen molar-refractivity contribution in [3.05, 3.63) is 48.8 Å². The van der Waals surface area contributed by atoms with E-state index in [0.717, 1.165) is 18.0 Å². The number of rotatable bonds is 5. The predicted molar refractivity (Wildman–Crippen MR) is 62.9 cm³/mol. The minimum Gasteiger partial charge on any atom is -0.497 e. The molecule has 0 saturated heterocycles. The Bertz CT molecular complexity index is 406. The number of aromatic nitrogens is 1. The molecular weight excluding hydrogens is 202 g/mol. The van der Waals surface area contributed by atoms with Gasteiger partial charge < -0.3 is 14.0 Å². The van der Waals surface area contributed by atoms with E-state index in [1.165, 1.54) is 0 Å². The quantitative estimate of drug-likeness (QED) is 0.768. The van der Waals surface area contributed by atoms with E-state index < -0.39 is 0 Å². The highest BCUT2D eigenvalue weighted by Gasteiger charge is 1.95. The second-order valence-corrected chi connectivity index (χ2v) is 3.44. The van der Waals surface area contributed by atoms with Gasteiger partial charge in [0.15, 0.2) is 0 Å².